The van der Waals surface area contributed by atoms with Crippen LogP contribution in [0.1, 0.15) is 11.1 Å². The number of nitrogens with zero attached hydrogens (tertiary/aromatic N) is 3. The van der Waals surface area contributed by atoms with Crippen molar-refractivity contribution in [1.29, 1.82) is 0 Å². The summed E-state index contributed by atoms with van der Waals surface area (Å²) in [5.74, 6) is 0. The number of fused-ring (bicyclic) bond motifs is 6. The van der Waals surface area contributed by atoms with E-state index in [2.05, 4.69) is 96.6 Å². The summed E-state index contributed by atoms with van der Waals surface area (Å²) in [7, 11) is 0. The molecule has 1 radical (unpaired) electrons. The second-order valence-corrected chi connectivity index (χ2v) is 9.63. The molecule has 0 atom stereocenters. The topological polar surface area (TPSA) is 38.7 Å². The Hall–Kier alpha value is -4.24. The maximum Gasteiger partial charge on any atom is 0.0967 e. The minimum absolute atomic E-state index is 0. The molecule has 189 valence electrons. The van der Waals surface area contributed by atoms with Crippen LogP contribution in [-0.4, -0.2) is 15.0 Å². The van der Waals surface area contributed by atoms with Gasteiger partial charge in [-0.1, -0.05) is 54.6 Å². The maximum absolute atomic E-state index is 4.86. The number of hydrogen-bond donors (Lipinski definition) is 0. The number of aryl methyl sites for hydroxylation is 2. The normalized spacial score (nSPS) is 11.1. The van der Waals surface area contributed by atoms with Crippen molar-refractivity contribution in [2.75, 3.05) is 0 Å². The van der Waals surface area contributed by atoms with Gasteiger partial charge in [-0.25, -0.2) is 0 Å². The molecule has 0 spiro atoms. The van der Waals surface area contributed by atoms with E-state index in [1.807, 2.05) is 42.7 Å². The summed E-state index contributed by atoms with van der Waals surface area (Å²) in [4.78, 5) is 13.8. The molecule has 0 N–H and O–H groups in total. The van der Waals surface area contributed by atoms with Crippen LogP contribution in [0.3, 0.4) is 0 Å². The first kappa shape index (κ1) is 25.1. The molecule has 1 aliphatic carbocycles. The predicted octanol–water partition coefficient (Wildman–Crippen LogP) is 8.75. The Labute approximate surface area is 241 Å². The molecule has 0 fully saturated rings. The van der Waals surface area contributed by atoms with E-state index in [9.17, 15) is 0 Å². The molecule has 3 aromatic heterocycles. The van der Waals surface area contributed by atoms with Gasteiger partial charge in [0.05, 0.1) is 16.6 Å². The summed E-state index contributed by atoms with van der Waals surface area (Å²) in [6.07, 6.45) is 3.65. The molecule has 7 aromatic rings. The van der Waals surface area contributed by atoms with Crippen molar-refractivity contribution >= 4 is 32.7 Å². The third-order valence-electron chi connectivity index (χ3n) is 7.54. The molecule has 0 aliphatic heterocycles. The van der Waals surface area contributed by atoms with Crippen molar-refractivity contribution in [3.05, 3.63) is 127 Å². The number of rotatable bonds is 1. The predicted molar refractivity (Wildman–Crippen MR) is 157 cm³/mol. The van der Waals surface area contributed by atoms with Crippen LogP contribution in [-0.2, 0) is 20.1 Å². The number of pyridine rings is 3. The van der Waals surface area contributed by atoms with Crippen LogP contribution in [0.5, 0.6) is 0 Å². The van der Waals surface area contributed by atoms with E-state index in [0.29, 0.717) is 0 Å². The smallest absolute Gasteiger partial charge is 0.0967 e. The molecule has 3 nitrogen and oxygen atoms in total. The molecule has 0 amide bonds. The Morgan fingerprint density at radius 2 is 1.21 bits per heavy atom. The van der Waals surface area contributed by atoms with Gasteiger partial charge in [0.25, 0.3) is 0 Å². The van der Waals surface area contributed by atoms with Gasteiger partial charge < -0.3 is 0 Å². The first-order valence-electron chi connectivity index (χ1n) is 12.8. The van der Waals surface area contributed by atoms with Gasteiger partial charge in [-0.15, -0.1) is 35.9 Å². The Bertz CT molecular complexity index is 1940. The van der Waals surface area contributed by atoms with Gasteiger partial charge in [0.1, 0.15) is 0 Å². The minimum atomic E-state index is 0. The van der Waals surface area contributed by atoms with E-state index < -0.39 is 0 Å². The van der Waals surface area contributed by atoms with Gasteiger partial charge >= 0.3 is 0 Å². The largest absolute Gasteiger partial charge is 0.296 e. The van der Waals surface area contributed by atoms with E-state index in [-0.39, 0.29) is 20.1 Å². The zero-order chi connectivity index (χ0) is 25.6. The second kappa shape index (κ2) is 10.1. The second-order valence-electron chi connectivity index (χ2n) is 9.63. The Morgan fingerprint density at radius 1 is 0.590 bits per heavy atom. The Morgan fingerprint density at radius 3 is 1.85 bits per heavy atom. The van der Waals surface area contributed by atoms with Crippen LogP contribution in [0.15, 0.2) is 109 Å². The third kappa shape index (κ3) is 4.13. The molecule has 1 aliphatic rings. The van der Waals surface area contributed by atoms with Crippen molar-refractivity contribution in [3.8, 4) is 33.5 Å². The van der Waals surface area contributed by atoms with E-state index in [4.69, 9.17) is 4.98 Å². The Balaban J connectivity index is 0.000000145. The summed E-state index contributed by atoms with van der Waals surface area (Å²) in [6.45, 7) is 4.29. The van der Waals surface area contributed by atoms with Crippen LogP contribution in [0.25, 0.3) is 66.2 Å². The first-order valence-corrected chi connectivity index (χ1v) is 12.8. The number of benzene rings is 4. The molecule has 3 heterocycles. The summed E-state index contributed by atoms with van der Waals surface area (Å²) in [5.41, 5.74) is 12.8. The fourth-order valence-electron chi connectivity index (χ4n) is 5.56. The van der Waals surface area contributed by atoms with Gasteiger partial charge in [-0.2, -0.15) is 0 Å². The number of aromatic nitrogens is 3. The molecule has 0 unspecified atom stereocenters. The van der Waals surface area contributed by atoms with Crippen LogP contribution in [0.4, 0.5) is 0 Å². The Kier molecular flexibility index (Phi) is 6.52. The van der Waals surface area contributed by atoms with E-state index >= 15 is 0 Å². The van der Waals surface area contributed by atoms with Crippen LogP contribution >= 0.6 is 0 Å². The monoisotopic (exact) mass is 679 g/mol. The zero-order valence-electron chi connectivity index (χ0n) is 21.6. The maximum atomic E-state index is 4.86. The van der Waals surface area contributed by atoms with Crippen LogP contribution in [0.2, 0.25) is 0 Å². The molecule has 0 saturated carbocycles. The van der Waals surface area contributed by atoms with E-state index in [1.54, 1.807) is 0 Å². The minimum Gasteiger partial charge on any atom is -0.296 e. The standard InChI is InChI=1S/C21H12N.C14H12N2.Ir/c1-2-7-14(8-3-1)20-13-18-16-10-5-4-9-15(16)17-11-6-12-19(22-20)21(17)18;1-9-10(2)12-6-4-8-16-14(12)13-11(9)5-3-7-15-13;/h1-7,9-13H;3-8H,1-2H3;/q-1;;. The van der Waals surface area contributed by atoms with Crippen molar-refractivity contribution < 1.29 is 20.1 Å². The summed E-state index contributed by atoms with van der Waals surface area (Å²) in [6, 6.07) is 36.6. The molecule has 4 heteroatoms. The van der Waals surface area contributed by atoms with Gasteiger partial charge in [0.2, 0.25) is 0 Å². The average Bonchev–Trinajstić information content (AvgIpc) is 3.32. The summed E-state index contributed by atoms with van der Waals surface area (Å²) < 4.78 is 0. The van der Waals surface area contributed by atoms with Crippen LogP contribution in [0, 0.1) is 19.9 Å². The molecule has 0 saturated heterocycles. The fraction of sp³-hybridized carbons (Fsp3) is 0.0571. The van der Waals surface area contributed by atoms with Crippen molar-refractivity contribution in [3.63, 3.8) is 0 Å². The average molecular weight is 679 g/mol. The van der Waals surface area contributed by atoms with Crippen LogP contribution < -0.4 is 0 Å². The molecule has 8 rings (SSSR count). The third-order valence-corrected chi connectivity index (χ3v) is 7.54. The van der Waals surface area contributed by atoms with Gasteiger partial charge in [0.15, 0.2) is 0 Å². The first-order chi connectivity index (χ1) is 18.7. The molecule has 39 heavy (non-hydrogen) atoms. The quantitative estimate of drug-likeness (QED) is 0.129. The SMILES string of the molecule is Cc1c(C)c2cccnc2c2ncccc12.[Ir].[c-]1ccccc1-c1cc2c3c(cccc3n1)-c1ccccc1-2. The summed E-state index contributed by atoms with van der Waals surface area (Å²) >= 11 is 0. The molecular formula is C35H24IrN3-. The van der Waals surface area contributed by atoms with E-state index in [1.165, 1.54) is 49.5 Å². The van der Waals surface area contributed by atoms with Gasteiger partial charge in [-0.3, -0.25) is 15.0 Å². The van der Waals surface area contributed by atoms with Crippen molar-refractivity contribution in [2.24, 2.45) is 0 Å². The number of hydrogen-bond acceptors (Lipinski definition) is 3. The zero-order valence-corrected chi connectivity index (χ0v) is 24.0. The van der Waals surface area contributed by atoms with Gasteiger partial charge in [0, 0.05) is 48.7 Å². The summed E-state index contributed by atoms with van der Waals surface area (Å²) in [5, 5.41) is 3.67. The van der Waals surface area contributed by atoms with Crippen molar-refractivity contribution in [2.45, 2.75) is 13.8 Å². The molecule has 4 aromatic carbocycles. The van der Waals surface area contributed by atoms with Gasteiger partial charge in [-0.05, 0) is 71.1 Å². The van der Waals surface area contributed by atoms with E-state index in [0.717, 1.165) is 27.8 Å². The fourth-order valence-corrected chi connectivity index (χ4v) is 5.56. The molecule has 0 bridgehead atoms. The molecular weight excluding hydrogens is 655 g/mol. The van der Waals surface area contributed by atoms with Crippen molar-refractivity contribution in [1.82, 2.24) is 15.0 Å².